The number of carbonyl (C=O) groups excluding carboxylic acids is 2. The zero-order valence-electron chi connectivity index (χ0n) is 9.77. The maximum Gasteiger partial charge on any atom is 0.229 e. The summed E-state index contributed by atoms with van der Waals surface area (Å²) in [5.41, 5.74) is 2.14. The zero-order valence-corrected chi connectivity index (χ0v) is 9.77. The molecule has 0 fully saturated rings. The van der Waals surface area contributed by atoms with Gasteiger partial charge >= 0.3 is 0 Å². The largest absolute Gasteiger partial charge is 0.281 e. The first-order valence-corrected chi connectivity index (χ1v) is 5.47. The van der Waals surface area contributed by atoms with Crippen molar-refractivity contribution < 1.29 is 9.59 Å². The standard InChI is InChI=1S/C13H17NO2/c1-3-4-13(16)14(10-15)9-12-7-5-11(2)6-8-12/h5-8,10H,3-4,9H2,1-2H3. The van der Waals surface area contributed by atoms with Crippen LogP contribution in [0.3, 0.4) is 0 Å². The molecule has 1 aromatic rings. The van der Waals surface area contributed by atoms with Crippen molar-refractivity contribution in [1.29, 1.82) is 0 Å². The van der Waals surface area contributed by atoms with Crippen LogP contribution in [0, 0.1) is 6.92 Å². The summed E-state index contributed by atoms with van der Waals surface area (Å²) >= 11 is 0. The predicted molar refractivity (Wildman–Crippen MR) is 62.7 cm³/mol. The lowest BCUT2D eigenvalue weighted by atomic mass is 10.1. The molecule has 0 radical (unpaired) electrons. The molecule has 0 saturated carbocycles. The molecule has 1 rings (SSSR count). The van der Waals surface area contributed by atoms with Crippen LogP contribution in [0.25, 0.3) is 0 Å². The van der Waals surface area contributed by atoms with Crippen LogP contribution < -0.4 is 0 Å². The fourth-order valence-corrected chi connectivity index (χ4v) is 1.43. The van der Waals surface area contributed by atoms with Gasteiger partial charge in [0.05, 0.1) is 6.54 Å². The summed E-state index contributed by atoms with van der Waals surface area (Å²) < 4.78 is 0. The molecule has 0 spiro atoms. The van der Waals surface area contributed by atoms with E-state index in [1.54, 1.807) is 0 Å². The number of hydrogen-bond donors (Lipinski definition) is 0. The first-order valence-electron chi connectivity index (χ1n) is 5.47. The highest BCUT2D eigenvalue weighted by atomic mass is 16.2. The SMILES string of the molecule is CCCC(=O)N(C=O)Cc1ccc(C)cc1. The van der Waals surface area contributed by atoms with Gasteiger partial charge in [-0.2, -0.15) is 0 Å². The van der Waals surface area contributed by atoms with E-state index in [1.165, 1.54) is 10.5 Å². The third-order valence-electron chi connectivity index (χ3n) is 2.38. The van der Waals surface area contributed by atoms with E-state index in [2.05, 4.69) is 0 Å². The number of nitrogens with zero attached hydrogens (tertiary/aromatic N) is 1. The Morgan fingerprint density at radius 2 is 1.94 bits per heavy atom. The Bertz CT molecular complexity index is 357. The normalized spacial score (nSPS) is 9.88. The summed E-state index contributed by atoms with van der Waals surface area (Å²) in [5, 5.41) is 0. The van der Waals surface area contributed by atoms with E-state index in [9.17, 15) is 9.59 Å². The van der Waals surface area contributed by atoms with Gasteiger partial charge in [-0.1, -0.05) is 36.8 Å². The minimum Gasteiger partial charge on any atom is -0.281 e. The smallest absolute Gasteiger partial charge is 0.229 e. The van der Waals surface area contributed by atoms with Crippen molar-refractivity contribution in [1.82, 2.24) is 4.90 Å². The maximum atomic E-state index is 11.5. The summed E-state index contributed by atoms with van der Waals surface area (Å²) in [6, 6.07) is 7.82. The molecule has 3 heteroatoms. The molecule has 0 heterocycles. The van der Waals surface area contributed by atoms with Crippen molar-refractivity contribution in [2.45, 2.75) is 33.2 Å². The highest BCUT2D eigenvalue weighted by Gasteiger charge is 2.11. The van der Waals surface area contributed by atoms with E-state index in [0.29, 0.717) is 19.4 Å². The average molecular weight is 219 g/mol. The number of benzene rings is 1. The van der Waals surface area contributed by atoms with Gasteiger partial charge in [-0.05, 0) is 18.9 Å². The topological polar surface area (TPSA) is 37.4 Å². The monoisotopic (exact) mass is 219 g/mol. The van der Waals surface area contributed by atoms with Gasteiger partial charge < -0.3 is 0 Å². The van der Waals surface area contributed by atoms with Gasteiger partial charge in [-0.15, -0.1) is 0 Å². The van der Waals surface area contributed by atoms with Gasteiger partial charge in [0, 0.05) is 6.42 Å². The van der Waals surface area contributed by atoms with Crippen molar-refractivity contribution in [2.24, 2.45) is 0 Å². The molecule has 0 unspecified atom stereocenters. The van der Waals surface area contributed by atoms with E-state index in [-0.39, 0.29) is 5.91 Å². The van der Waals surface area contributed by atoms with E-state index >= 15 is 0 Å². The second kappa shape index (κ2) is 6.05. The highest BCUT2D eigenvalue weighted by molar-refractivity contribution is 5.85. The van der Waals surface area contributed by atoms with Crippen LogP contribution in [0.15, 0.2) is 24.3 Å². The molecule has 0 aliphatic rings. The Hall–Kier alpha value is -1.64. The van der Waals surface area contributed by atoms with Crippen molar-refractivity contribution >= 4 is 12.3 Å². The van der Waals surface area contributed by atoms with Gasteiger partial charge in [0.2, 0.25) is 12.3 Å². The molecule has 3 nitrogen and oxygen atoms in total. The highest BCUT2D eigenvalue weighted by Crippen LogP contribution is 2.07. The Labute approximate surface area is 96.1 Å². The Balaban J connectivity index is 2.66. The lowest BCUT2D eigenvalue weighted by Crippen LogP contribution is -2.28. The fraction of sp³-hybridized carbons (Fsp3) is 0.385. The number of hydrogen-bond acceptors (Lipinski definition) is 2. The van der Waals surface area contributed by atoms with Gasteiger partial charge in [-0.25, -0.2) is 0 Å². The molecule has 0 N–H and O–H groups in total. The second-order valence-electron chi connectivity index (χ2n) is 3.86. The van der Waals surface area contributed by atoms with Crippen molar-refractivity contribution in [3.05, 3.63) is 35.4 Å². The molecule has 0 aliphatic heterocycles. The summed E-state index contributed by atoms with van der Waals surface area (Å²) in [6.45, 7) is 4.29. The number of amides is 2. The van der Waals surface area contributed by atoms with Crippen LogP contribution in [0.2, 0.25) is 0 Å². The molecule has 1 aromatic carbocycles. The number of rotatable bonds is 5. The third-order valence-corrected chi connectivity index (χ3v) is 2.38. The molecule has 0 bridgehead atoms. The molecule has 16 heavy (non-hydrogen) atoms. The third kappa shape index (κ3) is 3.50. The number of imide groups is 1. The van der Waals surface area contributed by atoms with Crippen LogP contribution in [-0.2, 0) is 16.1 Å². The maximum absolute atomic E-state index is 11.5. The summed E-state index contributed by atoms with van der Waals surface area (Å²) in [7, 11) is 0. The van der Waals surface area contributed by atoms with E-state index in [4.69, 9.17) is 0 Å². The van der Waals surface area contributed by atoms with E-state index in [1.807, 2.05) is 38.1 Å². The summed E-state index contributed by atoms with van der Waals surface area (Å²) in [4.78, 5) is 23.6. The molecule has 2 amide bonds. The molecule has 0 saturated heterocycles. The van der Waals surface area contributed by atoms with Crippen LogP contribution in [0.5, 0.6) is 0 Å². The zero-order chi connectivity index (χ0) is 12.0. The van der Waals surface area contributed by atoms with E-state index in [0.717, 1.165) is 12.0 Å². The first-order chi connectivity index (χ1) is 7.67. The van der Waals surface area contributed by atoms with Crippen LogP contribution in [-0.4, -0.2) is 17.2 Å². The predicted octanol–water partition coefficient (Wildman–Crippen LogP) is 2.28. The number of carbonyl (C=O) groups is 2. The van der Waals surface area contributed by atoms with Crippen LogP contribution in [0.1, 0.15) is 30.9 Å². The summed E-state index contributed by atoms with van der Waals surface area (Å²) in [5.74, 6) is -0.113. The van der Waals surface area contributed by atoms with Gasteiger partial charge in [0.1, 0.15) is 0 Å². The number of aryl methyl sites for hydroxylation is 1. The minimum absolute atomic E-state index is 0.113. The van der Waals surface area contributed by atoms with Crippen molar-refractivity contribution in [3.8, 4) is 0 Å². The lowest BCUT2D eigenvalue weighted by Gasteiger charge is -2.15. The van der Waals surface area contributed by atoms with E-state index < -0.39 is 0 Å². The Morgan fingerprint density at radius 1 is 1.31 bits per heavy atom. The second-order valence-corrected chi connectivity index (χ2v) is 3.86. The molecule has 86 valence electrons. The lowest BCUT2D eigenvalue weighted by molar-refractivity contribution is -0.138. The van der Waals surface area contributed by atoms with Crippen molar-refractivity contribution in [2.75, 3.05) is 0 Å². The van der Waals surface area contributed by atoms with Crippen molar-refractivity contribution in [3.63, 3.8) is 0 Å². The summed E-state index contributed by atoms with van der Waals surface area (Å²) in [6.07, 6.45) is 1.79. The minimum atomic E-state index is -0.113. The molecule has 0 aliphatic carbocycles. The fourth-order valence-electron chi connectivity index (χ4n) is 1.43. The average Bonchev–Trinajstić information content (AvgIpc) is 2.28. The Kier molecular flexibility index (Phi) is 4.70. The molecular formula is C13H17NO2. The first kappa shape index (κ1) is 12.4. The quantitative estimate of drug-likeness (QED) is 0.712. The van der Waals surface area contributed by atoms with Gasteiger partial charge in [-0.3, -0.25) is 14.5 Å². The Morgan fingerprint density at radius 3 is 2.44 bits per heavy atom. The van der Waals surface area contributed by atoms with Gasteiger partial charge in [0.25, 0.3) is 0 Å². The van der Waals surface area contributed by atoms with Gasteiger partial charge in [0.15, 0.2) is 0 Å². The molecule has 0 aromatic heterocycles. The van der Waals surface area contributed by atoms with Crippen LogP contribution >= 0.6 is 0 Å². The molecular weight excluding hydrogens is 202 g/mol. The van der Waals surface area contributed by atoms with Crippen LogP contribution in [0.4, 0.5) is 0 Å². The molecule has 0 atom stereocenters.